The third-order valence-electron chi connectivity index (χ3n) is 1.69. The molecule has 0 spiro atoms. The van der Waals surface area contributed by atoms with E-state index in [1.54, 1.807) is 0 Å². The third-order valence-corrected chi connectivity index (χ3v) is 2.09. The van der Waals surface area contributed by atoms with Crippen molar-refractivity contribution in [2.45, 2.75) is 4.84 Å². The molecule has 0 aromatic heterocycles. The van der Waals surface area contributed by atoms with Crippen LogP contribution in [0, 0.1) is 5.82 Å². The van der Waals surface area contributed by atoms with Gasteiger partial charge in [-0.3, -0.25) is 4.79 Å². The van der Waals surface area contributed by atoms with Crippen LogP contribution in [-0.4, -0.2) is 21.8 Å². The predicted octanol–water partition coefficient (Wildman–Crippen LogP) is 2.27. The number of carbonyl (C=O) groups excluding carboxylic acids is 1. The summed E-state index contributed by atoms with van der Waals surface area (Å²) >= 11 is 10.5. The van der Waals surface area contributed by atoms with Crippen molar-refractivity contribution in [3.05, 3.63) is 29.6 Å². The number of nitrogens with one attached hydrogen (secondary N) is 1. The maximum absolute atomic E-state index is 13.3. The van der Waals surface area contributed by atoms with Gasteiger partial charge in [-0.15, -0.1) is 0 Å². The molecule has 1 aromatic carbocycles. The van der Waals surface area contributed by atoms with Crippen molar-refractivity contribution in [3.8, 4) is 0 Å². The minimum Gasteiger partial charge on any atom is -0.478 e. The maximum Gasteiger partial charge on any atom is 0.337 e. The van der Waals surface area contributed by atoms with Crippen LogP contribution in [0.4, 0.5) is 10.1 Å². The molecule has 1 rings (SSSR count). The molecule has 2 N–H and O–H groups in total. The first-order valence-electron chi connectivity index (χ1n) is 4.04. The van der Waals surface area contributed by atoms with Crippen LogP contribution in [0.5, 0.6) is 0 Å². The summed E-state index contributed by atoms with van der Waals surface area (Å²) in [5, 5.41) is 10.8. The van der Waals surface area contributed by atoms with E-state index in [1.807, 2.05) is 5.32 Å². The zero-order valence-corrected chi connectivity index (χ0v) is 9.22. The second-order valence-electron chi connectivity index (χ2n) is 2.76. The largest absolute Gasteiger partial charge is 0.478 e. The molecule has 0 aliphatic rings. The van der Waals surface area contributed by atoms with Crippen molar-refractivity contribution >= 4 is 40.8 Å². The first kappa shape index (κ1) is 12.7. The molecule has 0 atom stereocenters. The van der Waals surface area contributed by atoms with Crippen molar-refractivity contribution in [3.63, 3.8) is 0 Å². The van der Waals surface area contributed by atoms with Gasteiger partial charge in [0.1, 0.15) is 5.82 Å². The highest BCUT2D eigenvalue weighted by atomic mass is 35.5. The summed E-state index contributed by atoms with van der Waals surface area (Å²) in [5.41, 5.74) is -0.825. The first-order chi connectivity index (χ1) is 7.43. The zero-order chi connectivity index (χ0) is 12.3. The number of rotatable bonds is 3. The van der Waals surface area contributed by atoms with E-state index in [4.69, 9.17) is 28.3 Å². The number of hydrogen-bond donors (Lipinski definition) is 2. The molecule has 0 saturated heterocycles. The Morgan fingerprint density at radius 3 is 2.50 bits per heavy atom. The molecule has 0 unspecified atom stereocenters. The molecule has 0 fully saturated rings. The third kappa shape index (κ3) is 2.84. The van der Waals surface area contributed by atoms with Crippen LogP contribution >= 0.6 is 23.2 Å². The van der Waals surface area contributed by atoms with Crippen molar-refractivity contribution in [1.82, 2.24) is 0 Å². The lowest BCUT2D eigenvalue weighted by Gasteiger charge is -2.09. The Hall–Kier alpha value is -1.33. The average molecular weight is 266 g/mol. The monoisotopic (exact) mass is 265 g/mol. The zero-order valence-electron chi connectivity index (χ0n) is 7.71. The highest BCUT2D eigenvalue weighted by molar-refractivity contribution is 6.54. The number of alkyl halides is 2. The summed E-state index contributed by atoms with van der Waals surface area (Å²) in [6.45, 7) is 0. The van der Waals surface area contributed by atoms with Crippen LogP contribution in [0.15, 0.2) is 18.2 Å². The Morgan fingerprint density at radius 2 is 2.00 bits per heavy atom. The van der Waals surface area contributed by atoms with Gasteiger partial charge in [0.05, 0.1) is 11.3 Å². The van der Waals surface area contributed by atoms with E-state index >= 15 is 0 Å². The van der Waals surface area contributed by atoms with Gasteiger partial charge in [-0.25, -0.2) is 9.18 Å². The Balaban J connectivity index is 3.11. The van der Waals surface area contributed by atoms with Gasteiger partial charge in [-0.05, 0) is 12.1 Å². The van der Waals surface area contributed by atoms with Gasteiger partial charge in [0.2, 0.25) is 0 Å². The van der Waals surface area contributed by atoms with E-state index in [1.165, 1.54) is 6.07 Å². The Morgan fingerprint density at radius 1 is 1.38 bits per heavy atom. The summed E-state index contributed by atoms with van der Waals surface area (Å²) in [6, 6.07) is 3.38. The Bertz CT molecular complexity index is 437. The van der Waals surface area contributed by atoms with E-state index < -0.39 is 28.2 Å². The van der Waals surface area contributed by atoms with Crippen LogP contribution in [-0.2, 0) is 4.79 Å². The summed E-state index contributed by atoms with van der Waals surface area (Å²) in [6.07, 6.45) is 0. The molecular formula is C9H6Cl2FNO3. The minimum absolute atomic E-state index is 0.373. The number of hydrogen-bond acceptors (Lipinski definition) is 2. The summed E-state index contributed by atoms with van der Waals surface area (Å²) in [5.74, 6) is -3.13. The quantitative estimate of drug-likeness (QED) is 0.824. The number of benzene rings is 1. The molecule has 0 saturated carbocycles. The van der Waals surface area contributed by atoms with Crippen molar-refractivity contribution in [1.29, 1.82) is 0 Å². The molecule has 7 heteroatoms. The van der Waals surface area contributed by atoms with E-state index in [9.17, 15) is 14.0 Å². The van der Waals surface area contributed by atoms with Crippen LogP contribution in [0.25, 0.3) is 0 Å². The smallest absolute Gasteiger partial charge is 0.337 e. The average Bonchev–Trinajstić information content (AvgIpc) is 2.20. The molecule has 1 amide bonds. The lowest BCUT2D eigenvalue weighted by atomic mass is 10.1. The lowest BCUT2D eigenvalue weighted by molar-refractivity contribution is -0.114. The summed E-state index contributed by atoms with van der Waals surface area (Å²) in [4.78, 5) is 20.4. The second-order valence-corrected chi connectivity index (χ2v) is 3.85. The maximum atomic E-state index is 13.3. The lowest BCUT2D eigenvalue weighted by Crippen LogP contribution is -2.21. The molecule has 0 radical (unpaired) electrons. The van der Waals surface area contributed by atoms with Crippen LogP contribution in [0.1, 0.15) is 10.4 Å². The number of carboxylic acid groups (broad SMARTS) is 1. The van der Waals surface area contributed by atoms with E-state index in [2.05, 4.69) is 0 Å². The fourth-order valence-electron chi connectivity index (χ4n) is 1.01. The number of para-hydroxylation sites is 1. The fourth-order valence-corrected chi connectivity index (χ4v) is 1.12. The molecular weight excluding hydrogens is 260 g/mol. The van der Waals surface area contributed by atoms with Crippen LogP contribution in [0.3, 0.4) is 0 Å². The van der Waals surface area contributed by atoms with E-state index in [-0.39, 0.29) is 5.56 Å². The number of aromatic carboxylic acids is 1. The molecule has 0 aliphatic carbocycles. The second kappa shape index (κ2) is 5.14. The highest BCUT2D eigenvalue weighted by Gasteiger charge is 2.19. The normalized spacial score (nSPS) is 10.2. The molecule has 0 bridgehead atoms. The van der Waals surface area contributed by atoms with Crippen molar-refractivity contribution in [2.75, 3.05) is 5.32 Å². The number of anilines is 1. The van der Waals surface area contributed by atoms with Gasteiger partial charge in [-0.1, -0.05) is 29.3 Å². The molecule has 0 aliphatic heterocycles. The van der Waals surface area contributed by atoms with Crippen LogP contribution in [0.2, 0.25) is 0 Å². The van der Waals surface area contributed by atoms with Crippen LogP contribution < -0.4 is 5.32 Å². The van der Waals surface area contributed by atoms with E-state index in [0.29, 0.717) is 0 Å². The molecule has 0 heterocycles. The summed E-state index contributed by atoms with van der Waals surface area (Å²) < 4.78 is 13.3. The van der Waals surface area contributed by atoms with Gasteiger partial charge in [0.25, 0.3) is 5.91 Å². The number of halogens is 3. The molecule has 86 valence electrons. The first-order valence-corrected chi connectivity index (χ1v) is 4.91. The molecule has 1 aromatic rings. The van der Waals surface area contributed by atoms with Gasteiger partial charge in [-0.2, -0.15) is 0 Å². The van der Waals surface area contributed by atoms with E-state index in [0.717, 1.165) is 12.1 Å². The number of amides is 1. The Labute approximate surface area is 100.0 Å². The van der Waals surface area contributed by atoms with Gasteiger partial charge < -0.3 is 10.4 Å². The molecule has 4 nitrogen and oxygen atoms in total. The number of carbonyl (C=O) groups is 2. The standard InChI is InChI=1S/C9H6Cl2FNO3/c10-7(11)8(14)13-6-4(9(15)16)2-1-3-5(6)12/h1-3,7H,(H,13,14)(H,15,16). The van der Waals surface area contributed by atoms with Gasteiger partial charge in [0.15, 0.2) is 4.84 Å². The van der Waals surface area contributed by atoms with Crippen molar-refractivity contribution < 1.29 is 19.1 Å². The molecule has 16 heavy (non-hydrogen) atoms. The Kier molecular flexibility index (Phi) is 4.09. The SMILES string of the molecule is O=C(O)c1cccc(F)c1NC(=O)C(Cl)Cl. The van der Waals surface area contributed by atoms with Gasteiger partial charge in [0, 0.05) is 0 Å². The highest BCUT2D eigenvalue weighted by Crippen LogP contribution is 2.20. The number of carboxylic acids is 1. The summed E-state index contributed by atoms with van der Waals surface area (Å²) in [7, 11) is 0. The minimum atomic E-state index is -1.40. The predicted molar refractivity (Wildman–Crippen MR) is 57.5 cm³/mol. The van der Waals surface area contributed by atoms with Crippen molar-refractivity contribution in [2.24, 2.45) is 0 Å². The fraction of sp³-hybridized carbons (Fsp3) is 0.111. The van der Waals surface area contributed by atoms with Gasteiger partial charge >= 0.3 is 5.97 Å². The topological polar surface area (TPSA) is 66.4 Å².